The van der Waals surface area contributed by atoms with Gasteiger partial charge in [0.1, 0.15) is 23.7 Å². The van der Waals surface area contributed by atoms with E-state index in [1.807, 2.05) is 44.2 Å². The number of piperazine rings is 1. The normalized spacial score (nSPS) is 18.7. The number of phenols is 1. The van der Waals surface area contributed by atoms with Gasteiger partial charge in [-0.2, -0.15) is 9.97 Å². The van der Waals surface area contributed by atoms with Crippen LogP contribution >= 0.6 is 0 Å². The maximum absolute atomic E-state index is 16.5. The molecule has 2 fully saturated rings. The molecular weight excluding hydrogens is 525 g/mol. The summed E-state index contributed by atoms with van der Waals surface area (Å²) in [5.41, 5.74) is 0.543. The number of fused-ring (bicyclic) bond motifs is 4. The molecular formula is C31H34FN5O4. The Morgan fingerprint density at radius 2 is 1.85 bits per heavy atom. The molecule has 0 radical (unpaired) electrons. The number of halogens is 1. The quantitative estimate of drug-likeness (QED) is 0.258. The highest BCUT2D eigenvalue weighted by atomic mass is 19.1. The number of anilines is 1. The van der Waals surface area contributed by atoms with Crippen LogP contribution in [0.25, 0.3) is 32.8 Å². The lowest BCUT2D eigenvalue weighted by atomic mass is 9.95. The SMILES string of the molecule is CC(C)(CNC(=O)CO)COc1nc(N2C[C@H]3CC[C@@H](C2)N3)c2ccc(-c3cc(O)cc4ccccc34)c(F)c2n1. The zero-order valence-corrected chi connectivity index (χ0v) is 23.2. The maximum Gasteiger partial charge on any atom is 0.319 e. The van der Waals surface area contributed by atoms with E-state index >= 15 is 4.39 Å². The number of aliphatic hydroxyl groups excluding tert-OH is 1. The number of aromatic hydroxyl groups is 1. The Morgan fingerprint density at radius 1 is 1.10 bits per heavy atom. The third-order valence-electron chi connectivity index (χ3n) is 7.92. The topological polar surface area (TPSA) is 120 Å². The van der Waals surface area contributed by atoms with Crippen LogP contribution in [0.4, 0.5) is 10.2 Å². The summed E-state index contributed by atoms with van der Waals surface area (Å²) in [7, 11) is 0. The molecule has 0 spiro atoms. The molecule has 9 nitrogen and oxygen atoms in total. The zero-order valence-electron chi connectivity index (χ0n) is 23.2. The highest BCUT2D eigenvalue weighted by Crippen LogP contribution is 2.39. The number of carbonyl (C=O) groups is 1. The van der Waals surface area contributed by atoms with Crippen molar-refractivity contribution in [1.29, 1.82) is 0 Å². The minimum atomic E-state index is -0.586. The van der Waals surface area contributed by atoms with Crippen LogP contribution in [0.15, 0.2) is 48.5 Å². The second-order valence-electron chi connectivity index (χ2n) is 11.8. The van der Waals surface area contributed by atoms with Crippen LogP contribution < -0.4 is 20.3 Å². The average Bonchev–Trinajstić information content (AvgIpc) is 3.31. The molecule has 3 heterocycles. The van der Waals surface area contributed by atoms with Gasteiger partial charge >= 0.3 is 6.01 Å². The number of rotatable bonds is 8. The van der Waals surface area contributed by atoms with Gasteiger partial charge in [0.05, 0.1) is 6.61 Å². The summed E-state index contributed by atoms with van der Waals surface area (Å²) < 4.78 is 22.6. The Kier molecular flexibility index (Phi) is 7.13. The minimum Gasteiger partial charge on any atom is -0.508 e. The van der Waals surface area contributed by atoms with E-state index in [-0.39, 0.29) is 30.4 Å². The number of phenolic OH excluding ortho intramolecular Hbond substituents is 1. The van der Waals surface area contributed by atoms with E-state index in [4.69, 9.17) is 14.8 Å². The van der Waals surface area contributed by atoms with Crippen molar-refractivity contribution < 1.29 is 24.1 Å². The molecule has 2 aliphatic rings. The van der Waals surface area contributed by atoms with Gasteiger partial charge in [-0.15, -0.1) is 0 Å². The first-order valence-corrected chi connectivity index (χ1v) is 13.9. The fourth-order valence-corrected chi connectivity index (χ4v) is 5.83. The lowest BCUT2D eigenvalue weighted by Gasteiger charge is -2.34. The van der Waals surface area contributed by atoms with Crippen LogP contribution in [0.2, 0.25) is 0 Å². The summed E-state index contributed by atoms with van der Waals surface area (Å²) in [5.74, 6) is -0.303. The lowest BCUT2D eigenvalue weighted by molar-refractivity contribution is -0.124. The summed E-state index contributed by atoms with van der Waals surface area (Å²) in [5, 5.41) is 27.9. The van der Waals surface area contributed by atoms with E-state index in [1.165, 1.54) is 0 Å². The number of aromatic nitrogens is 2. The standard InChI is InChI=1S/C31H34FN5O4/c1-31(2,16-33-26(40)15-38)17-41-30-35-28-24(29(36-30)37-13-19-7-8-20(14-37)34-19)10-9-23(27(28)32)25-12-21(39)11-18-5-3-4-6-22(18)25/h3-6,9-12,19-20,34,38-39H,7-8,13-17H2,1-2H3,(H,33,40)/t19-,20+. The average molecular weight is 560 g/mol. The Labute approximate surface area is 237 Å². The molecule has 4 N–H and O–H groups in total. The Bertz CT molecular complexity index is 1620. The van der Waals surface area contributed by atoms with E-state index in [9.17, 15) is 9.90 Å². The predicted molar refractivity (Wildman–Crippen MR) is 156 cm³/mol. The second kappa shape index (κ2) is 10.8. The first kappa shape index (κ1) is 27.2. The smallest absolute Gasteiger partial charge is 0.319 e. The Morgan fingerprint density at radius 3 is 2.61 bits per heavy atom. The fourth-order valence-electron chi connectivity index (χ4n) is 5.83. The number of aliphatic hydroxyl groups is 1. The van der Waals surface area contributed by atoms with Crippen molar-refractivity contribution in [3.63, 3.8) is 0 Å². The van der Waals surface area contributed by atoms with Crippen LogP contribution in [0.1, 0.15) is 26.7 Å². The van der Waals surface area contributed by atoms with Crippen molar-refractivity contribution in [2.45, 2.75) is 38.8 Å². The van der Waals surface area contributed by atoms with Crippen LogP contribution in [-0.2, 0) is 4.79 Å². The van der Waals surface area contributed by atoms with Gasteiger partial charge in [0, 0.05) is 48.1 Å². The molecule has 0 saturated carbocycles. The van der Waals surface area contributed by atoms with E-state index in [2.05, 4.69) is 20.5 Å². The number of carbonyl (C=O) groups excluding carboxylic acids is 1. The Hall–Kier alpha value is -4.02. The molecule has 1 aromatic heterocycles. The number of hydrogen-bond acceptors (Lipinski definition) is 8. The van der Waals surface area contributed by atoms with Crippen molar-refractivity contribution >= 4 is 33.4 Å². The van der Waals surface area contributed by atoms with Gasteiger partial charge < -0.3 is 30.5 Å². The van der Waals surface area contributed by atoms with Crippen molar-refractivity contribution in [3.05, 3.63) is 54.3 Å². The van der Waals surface area contributed by atoms with Crippen LogP contribution in [0.3, 0.4) is 0 Å². The van der Waals surface area contributed by atoms with Gasteiger partial charge in [0.15, 0.2) is 5.82 Å². The van der Waals surface area contributed by atoms with Gasteiger partial charge in [-0.25, -0.2) is 4.39 Å². The molecule has 41 heavy (non-hydrogen) atoms. The van der Waals surface area contributed by atoms with Crippen molar-refractivity contribution in [2.75, 3.05) is 37.7 Å². The summed E-state index contributed by atoms with van der Waals surface area (Å²) >= 11 is 0. The van der Waals surface area contributed by atoms with Gasteiger partial charge in [0.25, 0.3) is 0 Å². The van der Waals surface area contributed by atoms with Crippen molar-refractivity contribution in [2.24, 2.45) is 5.41 Å². The highest BCUT2D eigenvalue weighted by Gasteiger charge is 2.34. The molecule has 10 heteroatoms. The lowest BCUT2D eigenvalue weighted by Crippen LogP contribution is -2.51. The first-order valence-electron chi connectivity index (χ1n) is 13.9. The monoisotopic (exact) mass is 559 g/mol. The van der Waals surface area contributed by atoms with Crippen LogP contribution in [-0.4, -0.2) is 71.0 Å². The third-order valence-corrected chi connectivity index (χ3v) is 7.92. The van der Waals surface area contributed by atoms with Crippen molar-refractivity contribution in [1.82, 2.24) is 20.6 Å². The predicted octanol–water partition coefficient (Wildman–Crippen LogP) is 3.75. The van der Waals surface area contributed by atoms with E-state index in [1.54, 1.807) is 18.2 Å². The van der Waals surface area contributed by atoms with Crippen LogP contribution in [0, 0.1) is 11.2 Å². The molecule has 1 amide bonds. The minimum absolute atomic E-state index is 0.0526. The first-order chi connectivity index (χ1) is 19.7. The summed E-state index contributed by atoms with van der Waals surface area (Å²) in [4.78, 5) is 23.1. The molecule has 3 aromatic carbocycles. The number of hydrogen-bond donors (Lipinski definition) is 4. The molecule has 214 valence electrons. The molecule has 2 atom stereocenters. The number of nitrogens with zero attached hydrogens (tertiary/aromatic N) is 3. The number of nitrogens with one attached hydrogen (secondary N) is 2. The second-order valence-corrected chi connectivity index (χ2v) is 11.8. The summed E-state index contributed by atoms with van der Waals surface area (Å²) in [6.45, 7) is 5.17. The number of amides is 1. The number of benzene rings is 3. The molecule has 2 bridgehead atoms. The maximum atomic E-state index is 16.5. The fraction of sp³-hybridized carbons (Fsp3) is 0.387. The van der Waals surface area contributed by atoms with Gasteiger partial charge in [-0.1, -0.05) is 44.2 Å². The molecule has 6 rings (SSSR count). The molecule has 0 unspecified atom stereocenters. The van der Waals surface area contributed by atoms with E-state index < -0.39 is 23.7 Å². The molecule has 0 aliphatic carbocycles. The highest BCUT2D eigenvalue weighted by molar-refractivity contribution is 6.01. The largest absolute Gasteiger partial charge is 0.508 e. The number of ether oxygens (including phenoxy) is 1. The van der Waals surface area contributed by atoms with E-state index in [0.29, 0.717) is 34.4 Å². The summed E-state index contributed by atoms with van der Waals surface area (Å²) in [6.07, 6.45) is 2.18. The molecule has 2 aliphatic heterocycles. The molecule has 4 aromatic rings. The van der Waals surface area contributed by atoms with Gasteiger partial charge in [0.2, 0.25) is 5.91 Å². The van der Waals surface area contributed by atoms with Gasteiger partial charge in [-0.05, 0) is 47.4 Å². The Balaban J connectivity index is 1.43. The van der Waals surface area contributed by atoms with Crippen LogP contribution in [0.5, 0.6) is 11.8 Å². The third kappa shape index (κ3) is 5.49. The molecule has 2 saturated heterocycles. The van der Waals surface area contributed by atoms with Gasteiger partial charge in [-0.3, -0.25) is 4.79 Å². The van der Waals surface area contributed by atoms with E-state index in [0.717, 1.165) is 36.7 Å². The van der Waals surface area contributed by atoms with Crippen molar-refractivity contribution in [3.8, 4) is 22.9 Å². The zero-order chi connectivity index (χ0) is 28.7. The summed E-state index contributed by atoms with van der Waals surface area (Å²) in [6, 6.07) is 15.1.